The zero-order valence-corrected chi connectivity index (χ0v) is 12.0. The molecule has 0 aromatic heterocycles. The summed E-state index contributed by atoms with van der Waals surface area (Å²) in [5.41, 5.74) is 5.50. The number of amides is 1. The fourth-order valence-corrected chi connectivity index (χ4v) is 1.50. The lowest BCUT2D eigenvalue weighted by Gasteiger charge is -2.25. The van der Waals surface area contributed by atoms with Crippen LogP contribution in [0, 0.1) is 0 Å². The maximum absolute atomic E-state index is 12.1. The van der Waals surface area contributed by atoms with Gasteiger partial charge in [-0.15, -0.1) is 12.4 Å². The van der Waals surface area contributed by atoms with Crippen molar-refractivity contribution in [2.24, 2.45) is 5.73 Å². The molecular formula is C13H19ClN2O3. The molecule has 1 amide bonds. The molecule has 6 heteroatoms. The molecule has 1 aromatic rings. The highest BCUT2D eigenvalue weighted by atomic mass is 35.5. The van der Waals surface area contributed by atoms with Crippen LogP contribution in [0.1, 0.15) is 19.4 Å². The molecule has 5 nitrogen and oxygen atoms in total. The van der Waals surface area contributed by atoms with Crippen molar-refractivity contribution in [1.82, 2.24) is 5.32 Å². The number of carbonyl (C=O) groups is 2. The second-order valence-corrected chi connectivity index (χ2v) is 4.29. The summed E-state index contributed by atoms with van der Waals surface area (Å²) >= 11 is 0. The summed E-state index contributed by atoms with van der Waals surface area (Å²) in [5, 5.41) is 2.53. The fourth-order valence-electron chi connectivity index (χ4n) is 1.50. The number of methoxy groups -OCH3 is 1. The Kier molecular flexibility index (Phi) is 6.52. The lowest BCUT2D eigenvalue weighted by Crippen LogP contribution is -2.53. The Bertz CT molecular complexity index is 435. The van der Waals surface area contributed by atoms with E-state index < -0.39 is 23.5 Å². The van der Waals surface area contributed by atoms with Crippen LogP contribution in [0.2, 0.25) is 0 Å². The van der Waals surface area contributed by atoms with Gasteiger partial charge in [-0.2, -0.15) is 0 Å². The summed E-state index contributed by atoms with van der Waals surface area (Å²) in [6.45, 7) is 3.15. The van der Waals surface area contributed by atoms with E-state index in [4.69, 9.17) is 5.73 Å². The minimum absolute atomic E-state index is 0. The van der Waals surface area contributed by atoms with Crippen LogP contribution in [0.4, 0.5) is 0 Å². The topological polar surface area (TPSA) is 81.4 Å². The van der Waals surface area contributed by atoms with Crippen LogP contribution < -0.4 is 11.1 Å². The molecule has 0 aliphatic carbocycles. The van der Waals surface area contributed by atoms with Gasteiger partial charge in [0, 0.05) is 0 Å². The Morgan fingerprint density at radius 1 is 1.32 bits per heavy atom. The Hall–Kier alpha value is -1.59. The molecule has 0 aliphatic heterocycles. The molecule has 0 aliphatic rings. The first-order valence-corrected chi connectivity index (χ1v) is 5.62. The number of benzene rings is 1. The first-order chi connectivity index (χ1) is 8.39. The van der Waals surface area contributed by atoms with Crippen molar-refractivity contribution in [2.75, 3.05) is 7.11 Å². The molecule has 0 saturated carbocycles. The summed E-state index contributed by atoms with van der Waals surface area (Å²) in [6.07, 6.45) is 0. The number of carbonyl (C=O) groups excluding carboxylic acids is 2. The van der Waals surface area contributed by atoms with Crippen molar-refractivity contribution in [1.29, 1.82) is 0 Å². The van der Waals surface area contributed by atoms with E-state index in [0.717, 1.165) is 0 Å². The molecule has 19 heavy (non-hydrogen) atoms. The molecule has 0 radical (unpaired) electrons. The van der Waals surface area contributed by atoms with Crippen LogP contribution in [0.25, 0.3) is 0 Å². The number of nitrogens with two attached hydrogens (primary N) is 1. The number of hydrogen-bond acceptors (Lipinski definition) is 4. The van der Waals surface area contributed by atoms with E-state index in [2.05, 4.69) is 10.1 Å². The predicted molar refractivity (Wildman–Crippen MR) is 74.9 cm³/mol. The molecule has 0 heterocycles. The van der Waals surface area contributed by atoms with E-state index in [0.29, 0.717) is 5.56 Å². The van der Waals surface area contributed by atoms with Crippen LogP contribution in [0.3, 0.4) is 0 Å². The Labute approximate surface area is 118 Å². The van der Waals surface area contributed by atoms with Crippen molar-refractivity contribution in [3.8, 4) is 0 Å². The standard InChI is InChI=1S/C13H18N2O3.ClH/c1-9(11(16)18-3)15-12(17)13(2,14)10-7-5-4-6-8-10;/h4-9H,14H2,1-3H3,(H,15,17);1H. The van der Waals surface area contributed by atoms with E-state index in [1.807, 2.05) is 6.07 Å². The molecule has 0 bridgehead atoms. The van der Waals surface area contributed by atoms with Gasteiger partial charge in [0.05, 0.1) is 7.11 Å². The lowest BCUT2D eigenvalue weighted by molar-refractivity contribution is -0.145. The highest BCUT2D eigenvalue weighted by Gasteiger charge is 2.32. The van der Waals surface area contributed by atoms with Crippen molar-refractivity contribution in [3.63, 3.8) is 0 Å². The summed E-state index contributed by atoms with van der Waals surface area (Å²) in [7, 11) is 1.27. The first-order valence-electron chi connectivity index (χ1n) is 5.62. The molecular weight excluding hydrogens is 268 g/mol. The van der Waals surface area contributed by atoms with Crippen molar-refractivity contribution in [2.45, 2.75) is 25.4 Å². The maximum Gasteiger partial charge on any atom is 0.328 e. The SMILES string of the molecule is COC(=O)C(C)NC(=O)C(C)(N)c1ccccc1.Cl. The van der Waals surface area contributed by atoms with Crippen LogP contribution >= 0.6 is 12.4 Å². The van der Waals surface area contributed by atoms with Gasteiger partial charge in [-0.3, -0.25) is 4.79 Å². The summed E-state index contributed by atoms with van der Waals surface area (Å²) in [4.78, 5) is 23.3. The van der Waals surface area contributed by atoms with Gasteiger partial charge in [-0.25, -0.2) is 4.79 Å². The van der Waals surface area contributed by atoms with Gasteiger partial charge >= 0.3 is 5.97 Å². The predicted octanol–water partition coefficient (Wildman–Crippen LogP) is 0.960. The largest absolute Gasteiger partial charge is 0.467 e. The van der Waals surface area contributed by atoms with E-state index in [1.54, 1.807) is 38.1 Å². The zero-order valence-electron chi connectivity index (χ0n) is 11.2. The van der Waals surface area contributed by atoms with E-state index in [-0.39, 0.29) is 12.4 Å². The van der Waals surface area contributed by atoms with Gasteiger partial charge in [0.1, 0.15) is 11.6 Å². The summed E-state index contributed by atoms with van der Waals surface area (Å²) in [5.74, 6) is -0.932. The highest BCUT2D eigenvalue weighted by Crippen LogP contribution is 2.17. The van der Waals surface area contributed by atoms with Gasteiger partial charge in [-0.05, 0) is 19.4 Å². The Morgan fingerprint density at radius 3 is 2.32 bits per heavy atom. The highest BCUT2D eigenvalue weighted by molar-refractivity contribution is 5.90. The molecule has 0 fully saturated rings. The number of esters is 1. The normalized spacial score (nSPS) is 14.5. The third-order valence-electron chi connectivity index (χ3n) is 2.75. The second-order valence-electron chi connectivity index (χ2n) is 4.29. The Balaban J connectivity index is 0.00000324. The average Bonchev–Trinajstić information content (AvgIpc) is 2.38. The van der Waals surface area contributed by atoms with Crippen molar-refractivity contribution in [3.05, 3.63) is 35.9 Å². The number of nitrogens with one attached hydrogen (secondary N) is 1. The minimum Gasteiger partial charge on any atom is -0.467 e. The third-order valence-corrected chi connectivity index (χ3v) is 2.75. The van der Waals surface area contributed by atoms with Gasteiger partial charge in [0.2, 0.25) is 5.91 Å². The molecule has 2 unspecified atom stereocenters. The monoisotopic (exact) mass is 286 g/mol. The summed E-state index contributed by atoms with van der Waals surface area (Å²) in [6, 6.07) is 8.25. The molecule has 2 atom stereocenters. The second kappa shape index (κ2) is 7.11. The van der Waals surface area contributed by atoms with Crippen LogP contribution in [-0.2, 0) is 19.9 Å². The van der Waals surface area contributed by atoms with Crippen LogP contribution in [-0.4, -0.2) is 25.0 Å². The maximum atomic E-state index is 12.1. The lowest BCUT2D eigenvalue weighted by atomic mass is 9.92. The molecule has 106 valence electrons. The van der Waals surface area contributed by atoms with Gasteiger partial charge in [-0.1, -0.05) is 30.3 Å². The van der Waals surface area contributed by atoms with Crippen LogP contribution in [0.5, 0.6) is 0 Å². The zero-order chi connectivity index (χ0) is 13.8. The number of rotatable bonds is 4. The van der Waals surface area contributed by atoms with Gasteiger partial charge in [0.25, 0.3) is 0 Å². The summed E-state index contributed by atoms with van der Waals surface area (Å²) < 4.78 is 4.54. The molecule has 1 aromatic carbocycles. The van der Waals surface area contributed by atoms with Crippen LogP contribution in [0.15, 0.2) is 30.3 Å². The number of halogens is 1. The van der Waals surface area contributed by atoms with E-state index >= 15 is 0 Å². The number of hydrogen-bond donors (Lipinski definition) is 2. The smallest absolute Gasteiger partial charge is 0.328 e. The van der Waals surface area contributed by atoms with Gasteiger partial charge < -0.3 is 15.8 Å². The minimum atomic E-state index is -1.19. The van der Waals surface area contributed by atoms with E-state index in [9.17, 15) is 9.59 Å². The molecule has 0 saturated heterocycles. The molecule has 0 spiro atoms. The number of ether oxygens (including phenoxy) is 1. The fraction of sp³-hybridized carbons (Fsp3) is 0.385. The molecule has 1 rings (SSSR count). The average molecular weight is 287 g/mol. The quantitative estimate of drug-likeness (QED) is 0.808. The third kappa shape index (κ3) is 4.22. The Morgan fingerprint density at radius 2 is 1.84 bits per heavy atom. The van der Waals surface area contributed by atoms with Gasteiger partial charge in [0.15, 0.2) is 0 Å². The van der Waals surface area contributed by atoms with Crippen molar-refractivity contribution < 1.29 is 14.3 Å². The van der Waals surface area contributed by atoms with E-state index in [1.165, 1.54) is 7.11 Å². The van der Waals surface area contributed by atoms with Crippen molar-refractivity contribution >= 4 is 24.3 Å². The molecule has 3 N–H and O–H groups in total. The first kappa shape index (κ1) is 17.4.